The topological polar surface area (TPSA) is 18.5 Å². The van der Waals surface area contributed by atoms with Crippen molar-refractivity contribution in [2.24, 2.45) is 11.3 Å². The van der Waals surface area contributed by atoms with Gasteiger partial charge >= 0.3 is 0 Å². The second-order valence-corrected chi connectivity index (χ2v) is 11.9. The second kappa shape index (κ2) is 6.53. The van der Waals surface area contributed by atoms with Gasteiger partial charge in [0.2, 0.25) is 0 Å². The van der Waals surface area contributed by atoms with E-state index < -0.39 is 0 Å². The van der Waals surface area contributed by atoms with Gasteiger partial charge in [0.05, 0.1) is 31.6 Å². The molecule has 168 valence electrons. The van der Waals surface area contributed by atoms with Crippen molar-refractivity contribution in [3.8, 4) is 11.5 Å². The summed E-state index contributed by atoms with van der Waals surface area (Å²) in [5, 5.41) is 0. The number of quaternary nitrogens is 1. The molecule has 0 aromatic heterocycles. The Bertz CT molecular complexity index is 1060. The van der Waals surface area contributed by atoms with E-state index in [1.165, 1.54) is 68.1 Å². The summed E-state index contributed by atoms with van der Waals surface area (Å²) in [6, 6.07) is 15.8. The van der Waals surface area contributed by atoms with E-state index in [0.717, 1.165) is 23.5 Å². The minimum absolute atomic E-state index is 0.187. The lowest BCUT2D eigenvalue weighted by Crippen LogP contribution is -2.75. The van der Waals surface area contributed by atoms with Gasteiger partial charge in [0.15, 0.2) is 11.5 Å². The van der Waals surface area contributed by atoms with E-state index in [1.807, 2.05) is 0 Å². The van der Waals surface area contributed by atoms with Crippen molar-refractivity contribution in [1.29, 1.82) is 0 Å². The number of rotatable bonds is 5. The highest BCUT2D eigenvalue weighted by Gasteiger charge is 2.72. The van der Waals surface area contributed by atoms with Gasteiger partial charge in [-0.15, -0.1) is 0 Å². The largest absolute Gasteiger partial charge is 0.485 e. The van der Waals surface area contributed by atoms with Crippen molar-refractivity contribution in [1.82, 2.24) is 0 Å². The van der Waals surface area contributed by atoms with Crippen molar-refractivity contribution in [3.05, 3.63) is 59.2 Å². The SMILES string of the molecule is C[C@@]12CCC[C@@H]3Oc4c(OCc5ccccc5)ccc5c4[C@@]31CC[N+](C)(CC1CC1)[C@@H]2C5. The smallest absolute Gasteiger partial charge is 0.165 e. The highest BCUT2D eigenvalue weighted by atomic mass is 16.5. The van der Waals surface area contributed by atoms with Gasteiger partial charge < -0.3 is 14.0 Å². The average molecular weight is 431 g/mol. The molecule has 5 aliphatic rings. The number of hydrogen-bond acceptors (Lipinski definition) is 2. The lowest BCUT2D eigenvalue weighted by molar-refractivity contribution is -0.951. The summed E-state index contributed by atoms with van der Waals surface area (Å²) in [7, 11) is 2.59. The standard InChI is InChI=1S/C29H36NO2/c1-28-14-6-9-25-29(28)15-16-30(2,18-20-10-11-20)24(28)17-22-12-13-23(27(32-25)26(22)29)31-19-21-7-4-3-5-8-21/h3-5,7-8,12-13,20,24-25H,6,9-11,14-19H2,1-2H3/q+1/t24-,25+,28+,29-,30?/m1/s1. The van der Waals surface area contributed by atoms with Gasteiger partial charge in [0.1, 0.15) is 12.7 Å². The third-order valence-corrected chi connectivity index (χ3v) is 10.2. The quantitative estimate of drug-likeness (QED) is 0.572. The summed E-state index contributed by atoms with van der Waals surface area (Å²) >= 11 is 0. The molecule has 2 heterocycles. The van der Waals surface area contributed by atoms with E-state index in [0.29, 0.717) is 18.1 Å². The summed E-state index contributed by atoms with van der Waals surface area (Å²) in [6.45, 7) is 5.95. The molecule has 0 radical (unpaired) electrons. The van der Waals surface area contributed by atoms with Crippen LogP contribution < -0.4 is 9.47 Å². The van der Waals surface area contributed by atoms with Crippen molar-refractivity contribution in [2.45, 2.75) is 76.0 Å². The van der Waals surface area contributed by atoms with Crippen LogP contribution in [0.4, 0.5) is 0 Å². The Kier molecular flexibility index (Phi) is 3.97. The van der Waals surface area contributed by atoms with Crippen molar-refractivity contribution >= 4 is 0 Å². The minimum atomic E-state index is 0.187. The first-order chi connectivity index (χ1) is 15.5. The van der Waals surface area contributed by atoms with Crippen LogP contribution in [0.25, 0.3) is 0 Å². The molecule has 3 nitrogen and oxygen atoms in total. The highest BCUT2D eigenvalue weighted by molar-refractivity contribution is 5.61. The molecule has 0 amide bonds. The van der Waals surface area contributed by atoms with Crippen LogP contribution in [0.5, 0.6) is 11.5 Å². The third kappa shape index (κ3) is 2.46. The molecule has 2 aromatic carbocycles. The molecule has 2 aromatic rings. The lowest BCUT2D eigenvalue weighted by Gasteiger charge is -2.66. The first-order valence-electron chi connectivity index (χ1n) is 12.9. The van der Waals surface area contributed by atoms with Crippen LogP contribution in [-0.2, 0) is 18.4 Å². The number of likely N-dealkylation sites (N-methyl/N-ethyl adjacent to an activating group) is 1. The molecule has 1 unspecified atom stereocenters. The van der Waals surface area contributed by atoms with Crippen LogP contribution in [0.1, 0.15) is 62.1 Å². The zero-order chi connectivity index (χ0) is 21.6. The van der Waals surface area contributed by atoms with Crippen LogP contribution >= 0.6 is 0 Å². The molecule has 1 saturated heterocycles. The average Bonchev–Trinajstić information content (AvgIpc) is 3.53. The van der Waals surface area contributed by atoms with Gasteiger partial charge in [-0.2, -0.15) is 0 Å². The maximum Gasteiger partial charge on any atom is 0.165 e. The molecule has 2 bridgehead atoms. The Morgan fingerprint density at radius 1 is 1.06 bits per heavy atom. The maximum atomic E-state index is 6.89. The summed E-state index contributed by atoms with van der Waals surface area (Å²) in [5.74, 6) is 3.02. The summed E-state index contributed by atoms with van der Waals surface area (Å²) < 4.78 is 14.6. The van der Waals surface area contributed by atoms with Gasteiger partial charge in [0.25, 0.3) is 0 Å². The van der Waals surface area contributed by atoms with E-state index in [1.54, 1.807) is 11.1 Å². The van der Waals surface area contributed by atoms with Crippen LogP contribution in [0.15, 0.2) is 42.5 Å². The Hall–Kier alpha value is -2.00. The lowest BCUT2D eigenvalue weighted by atomic mass is 9.44. The predicted octanol–water partition coefficient (Wildman–Crippen LogP) is 5.64. The number of likely N-dealkylation sites (tertiary alicyclic amines) is 1. The summed E-state index contributed by atoms with van der Waals surface area (Å²) in [4.78, 5) is 0. The molecule has 3 aliphatic carbocycles. The molecule has 3 fully saturated rings. The highest BCUT2D eigenvalue weighted by Crippen LogP contribution is 2.70. The first-order valence-corrected chi connectivity index (χ1v) is 12.9. The van der Waals surface area contributed by atoms with Crippen molar-refractivity contribution in [2.75, 3.05) is 20.1 Å². The molecular formula is C29H36NO2+. The van der Waals surface area contributed by atoms with Gasteiger partial charge in [0, 0.05) is 29.7 Å². The summed E-state index contributed by atoms with van der Waals surface area (Å²) in [5.41, 5.74) is 4.82. The molecule has 3 heteroatoms. The zero-order valence-electron chi connectivity index (χ0n) is 19.6. The fraction of sp³-hybridized carbons (Fsp3) is 0.586. The van der Waals surface area contributed by atoms with Crippen LogP contribution in [0.2, 0.25) is 0 Å². The second-order valence-electron chi connectivity index (χ2n) is 11.9. The van der Waals surface area contributed by atoms with Crippen LogP contribution in [0.3, 0.4) is 0 Å². The molecule has 7 rings (SSSR count). The zero-order valence-corrected chi connectivity index (χ0v) is 19.6. The maximum absolute atomic E-state index is 6.89. The minimum Gasteiger partial charge on any atom is -0.485 e. The molecule has 2 aliphatic heterocycles. The number of hydrogen-bond donors (Lipinski definition) is 0. The van der Waals surface area contributed by atoms with Gasteiger partial charge in [-0.1, -0.05) is 43.3 Å². The fourth-order valence-corrected chi connectivity index (χ4v) is 8.54. The van der Waals surface area contributed by atoms with E-state index in [9.17, 15) is 0 Å². The van der Waals surface area contributed by atoms with Crippen molar-refractivity contribution in [3.63, 3.8) is 0 Å². The Balaban J connectivity index is 1.32. The van der Waals surface area contributed by atoms with Crippen LogP contribution in [0, 0.1) is 11.3 Å². The number of piperidine rings is 1. The monoisotopic (exact) mass is 430 g/mol. The Morgan fingerprint density at radius 3 is 2.72 bits per heavy atom. The molecule has 32 heavy (non-hydrogen) atoms. The Labute approximate surface area is 192 Å². The molecule has 5 atom stereocenters. The molecule has 1 spiro atoms. The number of nitrogens with zero attached hydrogens (tertiary/aromatic N) is 1. The Morgan fingerprint density at radius 2 is 1.91 bits per heavy atom. The normalized spacial score (nSPS) is 38.7. The fourth-order valence-electron chi connectivity index (χ4n) is 8.54. The van der Waals surface area contributed by atoms with Crippen molar-refractivity contribution < 1.29 is 14.0 Å². The van der Waals surface area contributed by atoms with E-state index in [2.05, 4.69) is 56.4 Å². The molecular weight excluding hydrogens is 394 g/mol. The molecule has 2 saturated carbocycles. The van der Waals surface area contributed by atoms with E-state index >= 15 is 0 Å². The van der Waals surface area contributed by atoms with Gasteiger partial charge in [-0.25, -0.2) is 0 Å². The van der Waals surface area contributed by atoms with E-state index in [-0.39, 0.29) is 5.41 Å². The van der Waals surface area contributed by atoms with Crippen LogP contribution in [-0.4, -0.2) is 36.8 Å². The molecule has 0 N–H and O–H groups in total. The van der Waals surface area contributed by atoms with Gasteiger partial charge in [-0.05, 0) is 49.3 Å². The van der Waals surface area contributed by atoms with Gasteiger partial charge in [-0.3, -0.25) is 0 Å². The summed E-state index contributed by atoms with van der Waals surface area (Å²) in [6.07, 6.45) is 9.56. The number of benzene rings is 2. The predicted molar refractivity (Wildman–Crippen MR) is 126 cm³/mol. The number of ether oxygens (including phenoxy) is 2. The first kappa shape index (κ1) is 19.5. The van der Waals surface area contributed by atoms with E-state index in [4.69, 9.17) is 9.47 Å². The third-order valence-electron chi connectivity index (χ3n) is 10.2.